The summed E-state index contributed by atoms with van der Waals surface area (Å²) in [6.45, 7) is 0. The lowest BCUT2D eigenvalue weighted by Crippen LogP contribution is -2.08. The first kappa shape index (κ1) is 23.4. The fourth-order valence-corrected chi connectivity index (χ4v) is 6.81. The second-order valence-corrected chi connectivity index (χ2v) is 11.3. The average molecular weight is 539 g/mol. The van der Waals surface area contributed by atoms with Gasteiger partial charge in [0.15, 0.2) is 5.58 Å². The van der Waals surface area contributed by atoms with E-state index in [2.05, 4.69) is 115 Å². The Bertz CT molecular complexity index is 2330. The molecule has 1 unspecified atom stereocenters. The van der Waals surface area contributed by atoms with Crippen LogP contribution in [0.1, 0.15) is 29.3 Å². The van der Waals surface area contributed by atoms with Crippen molar-refractivity contribution in [2.45, 2.75) is 18.8 Å². The number of rotatable bonds is 2. The van der Waals surface area contributed by atoms with Crippen molar-refractivity contribution in [1.82, 2.24) is 9.97 Å². The Morgan fingerprint density at radius 2 is 1.31 bits per heavy atom. The average Bonchev–Trinajstić information content (AvgIpc) is 3.35. The van der Waals surface area contributed by atoms with Gasteiger partial charge in [0.1, 0.15) is 22.6 Å². The van der Waals surface area contributed by atoms with E-state index >= 15 is 0 Å². The second-order valence-electron chi connectivity index (χ2n) is 11.3. The quantitative estimate of drug-likeness (QED) is 0.220. The molecular formula is C39H26N2O. The lowest BCUT2D eigenvalue weighted by molar-refractivity contribution is 0.657. The van der Waals surface area contributed by atoms with E-state index in [1.165, 1.54) is 43.8 Å². The van der Waals surface area contributed by atoms with Gasteiger partial charge in [0.25, 0.3) is 0 Å². The monoisotopic (exact) mass is 538 g/mol. The zero-order valence-electron chi connectivity index (χ0n) is 22.9. The maximum Gasteiger partial charge on any atom is 0.180 e. The summed E-state index contributed by atoms with van der Waals surface area (Å²) in [6, 6.07) is 45.4. The van der Waals surface area contributed by atoms with Gasteiger partial charge in [-0.15, -0.1) is 0 Å². The van der Waals surface area contributed by atoms with E-state index in [1.54, 1.807) is 0 Å². The number of hydrogen-bond acceptors (Lipinski definition) is 3. The minimum atomic E-state index is 0.0500. The lowest BCUT2D eigenvalue weighted by atomic mass is 9.90. The molecule has 1 aliphatic rings. The fraction of sp³-hybridized carbons (Fsp3) is 0.0769. The Balaban J connectivity index is 1.29. The van der Waals surface area contributed by atoms with Gasteiger partial charge in [0, 0.05) is 16.9 Å². The highest BCUT2D eigenvalue weighted by Crippen LogP contribution is 2.43. The van der Waals surface area contributed by atoms with Gasteiger partial charge in [-0.2, -0.15) is 0 Å². The van der Waals surface area contributed by atoms with Crippen LogP contribution in [-0.2, 0) is 6.42 Å². The molecule has 2 aromatic heterocycles. The summed E-state index contributed by atoms with van der Waals surface area (Å²) < 4.78 is 6.46. The van der Waals surface area contributed by atoms with E-state index < -0.39 is 0 Å². The van der Waals surface area contributed by atoms with E-state index in [4.69, 9.17) is 14.4 Å². The Kier molecular flexibility index (Phi) is 5.09. The van der Waals surface area contributed by atoms with Crippen LogP contribution in [0, 0.1) is 0 Å². The van der Waals surface area contributed by atoms with Crippen molar-refractivity contribution in [3.63, 3.8) is 0 Å². The number of aryl methyl sites for hydroxylation is 1. The normalized spacial score (nSPS) is 14.7. The van der Waals surface area contributed by atoms with Gasteiger partial charge in [-0.3, -0.25) is 0 Å². The van der Waals surface area contributed by atoms with Crippen LogP contribution in [0.5, 0.6) is 0 Å². The Morgan fingerprint density at radius 1 is 0.595 bits per heavy atom. The molecule has 2 heterocycles. The van der Waals surface area contributed by atoms with Crippen LogP contribution in [0.25, 0.3) is 66.0 Å². The smallest absolute Gasteiger partial charge is 0.180 e. The summed E-state index contributed by atoms with van der Waals surface area (Å²) in [4.78, 5) is 10.6. The third-order valence-electron chi connectivity index (χ3n) is 8.87. The molecule has 0 fully saturated rings. The van der Waals surface area contributed by atoms with Crippen molar-refractivity contribution < 1.29 is 4.42 Å². The predicted octanol–water partition coefficient (Wildman–Crippen LogP) is 10.1. The fourth-order valence-electron chi connectivity index (χ4n) is 6.81. The highest BCUT2D eigenvalue weighted by Gasteiger charge is 2.28. The highest BCUT2D eigenvalue weighted by atomic mass is 16.3. The molecule has 3 heteroatoms. The molecule has 0 bridgehead atoms. The van der Waals surface area contributed by atoms with E-state index in [1.807, 2.05) is 12.1 Å². The minimum Gasteiger partial charge on any atom is -0.452 e. The number of para-hydroxylation sites is 1. The molecule has 0 saturated carbocycles. The molecule has 198 valence electrons. The molecule has 0 aliphatic heterocycles. The third-order valence-corrected chi connectivity index (χ3v) is 8.87. The minimum absolute atomic E-state index is 0.0500. The van der Waals surface area contributed by atoms with E-state index in [-0.39, 0.29) is 5.92 Å². The van der Waals surface area contributed by atoms with Gasteiger partial charge in [0.05, 0.1) is 0 Å². The number of aromatic nitrogens is 2. The van der Waals surface area contributed by atoms with Crippen LogP contribution in [-0.4, -0.2) is 9.97 Å². The van der Waals surface area contributed by atoms with Crippen LogP contribution in [0.3, 0.4) is 0 Å². The van der Waals surface area contributed by atoms with Crippen molar-refractivity contribution in [3.8, 4) is 22.4 Å². The topological polar surface area (TPSA) is 38.9 Å². The van der Waals surface area contributed by atoms with Gasteiger partial charge < -0.3 is 4.42 Å². The third kappa shape index (κ3) is 3.60. The van der Waals surface area contributed by atoms with Gasteiger partial charge in [0.2, 0.25) is 0 Å². The van der Waals surface area contributed by atoms with E-state index in [9.17, 15) is 0 Å². The number of benzene rings is 6. The molecule has 0 spiro atoms. The van der Waals surface area contributed by atoms with Crippen LogP contribution in [0.4, 0.5) is 0 Å². The van der Waals surface area contributed by atoms with Gasteiger partial charge in [-0.05, 0) is 80.9 Å². The number of furan rings is 1. The molecular weight excluding hydrogens is 512 g/mol. The molecule has 0 N–H and O–H groups in total. The van der Waals surface area contributed by atoms with E-state index in [0.29, 0.717) is 0 Å². The van der Waals surface area contributed by atoms with Crippen LogP contribution < -0.4 is 0 Å². The zero-order valence-corrected chi connectivity index (χ0v) is 22.9. The lowest BCUT2D eigenvalue weighted by Gasteiger charge is -2.18. The first-order valence-corrected chi connectivity index (χ1v) is 14.6. The van der Waals surface area contributed by atoms with Crippen LogP contribution in [0.15, 0.2) is 132 Å². The van der Waals surface area contributed by atoms with Crippen LogP contribution >= 0.6 is 0 Å². The number of nitrogens with zero attached hydrogens (tertiary/aromatic N) is 2. The summed E-state index contributed by atoms with van der Waals surface area (Å²) in [5.74, 6) is 0.899. The van der Waals surface area contributed by atoms with Crippen molar-refractivity contribution in [1.29, 1.82) is 0 Å². The summed E-state index contributed by atoms with van der Waals surface area (Å²) in [5.41, 5.74) is 9.60. The Morgan fingerprint density at radius 3 is 2.19 bits per heavy atom. The number of fused-ring (bicyclic) bond motifs is 8. The first-order chi connectivity index (χ1) is 20.8. The van der Waals surface area contributed by atoms with Gasteiger partial charge >= 0.3 is 0 Å². The Hall–Kier alpha value is -5.28. The number of hydrogen-bond donors (Lipinski definition) is 0. The molecule has 3 nitrogen and oxygen atoms in total. The van der Waals surface area contributed by atoms with Crippen LogP contribution in [0.2, 0.25) is 0 Å². The van der Waals surface area contributed by atoms with Gasteiger partial charge in [-0.1, -0.05) is 103 Å². The van der Waals surface area contributed by atoms with Crippen molar-refractivity contribution in [2.75, 3.05) is 0 Å². The molecule has 9 rings (SSSR count). The zero-order chi connectivity index (χ0) is 27.6. The largest absolute Gasteiger partial charge is 0.452 e. The molecule has 8 aromatic rings. The van der Waals surface area contributed by atoms with Crippen molar-refractivity contribution in [2.24, 2.45) is 0 Å². The summed E-state index contributed by atoms with van der Waals surface area (Å²) in [7, 11) is 0. The molecule has 42 heavy (non-hydrogen) atoms. The molecule has 1 atom stereocenters. The standard InChI is InChI=1S/C39H26N2O/c1-2-10-25-22-29(18-17-24(25)9-1)36-38-37(33-15-7-8-16-35(33)42-38)41-39(40-36)32-20-19-28-21-26-11-3-4-12-27(26)23-34(28)31-14-6-5-13-30(31)32/h1-18,21-23,32H,19-20H2. The molecule has 1 aliphatic carbocycles. The Labute approximate surface area is 243 Å². The highest BCUT2D eigenvalue weighted by molar-refractivity contribution is 6.07. The predicted molar refractivity (Wildman–Crippen MR) is 172 cm³/mol. The summed E-state index contributed by atoms with van der Waals surface area (Å²) in [6.07, 6.45) is 1.89. The maximum atomic E-state index is 6.46. The maximum absolute atomic E-state index is 6.46. The first-order valence-electron chi connectivity index (χ1n) is 14.6. The summed E-state index contributed by atoms with van der Waals surface area (Å²) in [5, 5.41) is 5.97. The van der Waals surface area contributed by atoms with Gasteiger partial charge in [-0.25, -0.2) is 9.97 Å². The summed E-state index contributed by atoms with van der Waals surface area (Å²) >= 11 is 0. The van der Waals surface area contributed by atoms with Crippen molar-refractivity contribution in [3.05, 3.63) is 144 Å². The second kappa shape index (κ2) is 9.12. The molecule has 0 radical (unpaired) electrons. The van der Waals surface area contributed by atoms with Crippen molar-refractivity contribution >= 4 is 43.6 Å². The SMILES string of the molecule is c1ccc2c(c1)-c1cc3ccccc3cc1CCC2c1nc(-c2ccc3ccccc3c2)c2oc3ccccc3c2n1. The molecule has 0 amide bonds. The molecule has 0 saturated heterocycles. The molecule has 6 aromatic carbocycles. The van der Waals surface area contributed by atoms with E-state index in [0.717, 1.165) is 52.0 Å².